The maximum absolute atomic E-state index is 11.9. The third-order valence-electron chi connectivity index (χ3n) is 5.74. The lowest BCUT2D eigenvalue weighted by Gasteiger charge is -2.25. The quantitative estimate of drug-likeness (QED) is 0.365. The van der Waals surface area contributed by atoms with E-state index in [1.54, 1.807) is 6.07 Å². The molecule has 0 bridgehead atoms. The zero-order chi connectivity index (χ0) is 23.0. The second-order valence-electron chi connectivity index (χ2n) is 8.23. The molecular formula is C21H26N2O7S. The highest BCUT2D eigenvalue weighted by molar-refractivity contribution is 7.85. The van der Waals surface area contributed by atoms with E-state index in [0.717, 1.165) is 23.4 Å². The Balaban J connectivity index is 1.53. The van der Waals surface area contributed by atoms with Crippen molar-refractivity contribution < 1.29 is 32.2 Å². The molecule has 0 aromatic heterocycles. The molecule has 9 nitrogen and oxygen atoms in total. The lowest BCUT2D eigenvalue weighted by atomic mass is 9.84. The molecule has 1 aromatic rings. The normalized spacial score (nSPS) is 18.0. The molecule has 2 aliphatic rings. The predicted octanol–water partition coefficient (Wildman–Crippen LogP) is 2.71. The number of rotatable bonds is 8. The van der Waals surface area contributed by atoms with Gasteiger partial charge in [0.15, 0.2) is 0 Å². The summed E-state index contributed by atoms with van der Waals surface area (Å²) in [7, 11) is -4.30. The number of anilines is 1. The summed E-state index contributed by atoms with van der Waals surface area (Å²) in [6, 6.07) is 4.51. The van der Waals surface area contributed by atoms with Crippen LogP contribution in [0.4, 0.5) is 5.69 Å². The first-order valence-corrected chi connectivity index (χ1v) is 11.5. The Hall–Kier alpha value is -2.72. The van der Waals surface area contributed by atoms with Gasteiger partial charge in [0.1, 0.15) is 0 Å². The van der Waals surface area contributed by atoms with Crippen LogP contribution in [0.5, 0.6) is 0 Å². The molecule has 2 amide bonds. The van der Waals surface area contributed by atoms with Crippen molar-refractivity contribution in [2.75, 3.05) is 11.4 Å². The van der Waals surface area contributed by atoms with Crippen molar-refractivity contribution in [1.82, 2.24) is 5.06 Å². The monoisotopic (exact) mass is 450 g/mol. The van der Waals surface area contributed by atoms with Gasteiger partial charge in [0.25, 0.3) is 21.9 Å². The van der Waals surface area contributed by atoms with Crippen LogP contribution in [-0.2, 0) is 34.8 Å². The van der Waals surface area contributed by atoms with Crippen molar-refractivity contribution in [2.45, 2.75) is 62.7 Å². The van der Waals surface area contributed by atoms with Gasteiger partial charge in [-0.1, -0.05) is 26.8 Å². The van der Waals surface area contributed by atoms with Crippen LogP contribution in [0.25, 0.3) is 0 Å². The fourth-order valence-corrected chi connectivity index (χ4v) is 4.33. The molecule has 1 fully saturated rings. The van der Waals surface area contributed by atoms with Crippen molar-refractivity contribution >= 4 is 33.6 Å². The largest absolute Gasteiger partial charge is 0.345 e. The summed E-state index contributed by atoms with van der Waals surface area (Å²) in [5.41, 5.74) is 1.94. The first-order chi connectivity index (χ1) is 14.4. The second kappa shape index (κ2) is 8.43. The molecule has 0 aliphatic carbocycles. The minimum atomic E-state index is -4.30. The van der Waals surface area contributed by atoms with Gasteiger partial charge in [0.2, 0.25) is 0 Å². The molecule has 0 radical (unpaired) electrons. The van der Waals surface area contributed by atoms with Crippen LogP contribution in [0.2, 0.25) is 0 Å². The number of carbonyl (C=O) groups excluding carboxylic acids is 3. The third-order valence-corrected chi connectivity index (χ3v) is 6.59. The molecule has 0 unspecified atom stereocenters. The van der Waals surface area contributed by atoms with Gasteiger partial charge >= 0.3 is 5.97 Å². The van der Waals surface area contributed by atoms with Crippen LogP contribution in [0.3, 0.4) is 0 Å². The average Bonchev–Trinajstić information content (AvgIpc) is 3.10. The number of unbranched alkanes of at least 4 members (excludes halogenated alkanes) is 2. The van der Waals surface area contributed by atoms with E-state index >= 15 is 0 Å². The van der Waals surface area contributed by atoms with Crippen molar-refractivity contribution in [2.24, 2.45) is 0 Å². The number of nitrogens with zero attached hydrogens (tertiary/aromatic N) is 2. The predicted molar refractivity (Wildman–Crippen MR) is 111 cm³/mol. The number of carbonyl (C=O) groups is 3. The molecule has 10 heteroatoms. The van der Waals surface area contributed by atoms with E-state index in [9.17, 15) is 27.4 Å². The Labute approximate surface area is 181 Å². The summed E-state index contributed by atoms with van der Waals surface area (Å²) in [4.78, 5) is 41.5. The van der Waals surface area contributed by atoms with Gasteiger partial charge in [-0.25, -0.2) is 4.79 Å². The van der Waals surface area contributed by atoms with Crippen LogP contribution in [0.15, 0.2) is 35.4 Å². The first-order valence-electron chi connectivity index (χ1n) is 10.1. The summed E-state index contributed by atoms with van der Waals surface area (Å²) in [6.07, 6.45) is 2.21. The van der Waals surface area contributed by atoms with Crippen LogP contribution in [0.1, 0.15) is 57.9 Å². The molecule has 0 spiro atoms. The van der Waals surface area contributed by atoms with E-state index in [1.165, 1.54) is 12.1 Å². The zero-order valence-corrected chi connectivity index (χ0v) is 18.4. The Morgan fingerprint density at radius 3 is 2.42 bits per heavy atom. The lowest BCUT2D eigenvalue weighted by molar-refractivity contribution is -0.197. The highest BCUT2D eigenvalue weighted by Crippen LogP contribution is 2.47. The molecule has 168 valence electrons. The maximum Gasteiger partial charge on any atom is 0.333 e. The Morgan fingerprint density at radius 2 is 1.81 bits per heavy atom. The summed E-state index contributed by atoms with van der Waals surface area (Å²) in [5, 5.41) is 0.552. The Bertz CT molecular complexity index is 1030. The molecule has 31 heavy (non-hydrogen) atoms. The van der Waals surface area contributed by atoms with Gasteiger partial charge in [-0.05, 0) is 36.6 Å². The van der Waals surface area contributed by atoms with Gasteiger partial charge in [-0.2, -0.15) is 8.42 Å². The molecule has 1 N–H and O–H groups in total. The number of fused-ring (bicyclic) bond motifs is 1. The molecular weight excluding hydrogens is 424 g/mol. The molecule has 0 atom stereocenters. The summed E-state index contributed by atoms with van der Waals surface area (Å²) >= 11 is 0. The summed E-state index contributed by atoms with van der Waals surface area (Å²) < 4.78 is 32.3. The van der Waals surface area contributed by atoms with E-state index in [4.69, 9.17) is 4.84 Å². The Kier molecular flexibility index (Phi) is 6.24. The number of benzene rings is 1. The minimum absolute atomic E-state index is 0.0649. The number of hydrogen-bond acceptors (Lipinski definition) is 7. The summed E-state index contributed by atoms with van der Waals surface area (Å²) in [5.74, 6) is -1.60. The first kappa shape index (κ1) is 23.0. The van der Waals surface area contributed by atoms with Crippen LogP contribution >= 0.6 is 0 Å². The van der Waals surface area contributed by atoms with Crippen molar-refractivity contribution in [3.63, 3.8) is 0 Å². The second-order valence-corrected chi connectivity index (χ2v) is 9.65. The number of hydrogen-bond donors (Lipinski definition) is 1. The molecule has 1 aromatic carbocycles. The van der Waals surface area contributed by atoms with Gasteiger partial charge < -0.3 is 9.74 Å². The number of imide groups is 1. The standard InChI is InChI=1S/C21H26N2O7S/c1-14-21(2,3)16-13-15(31(27,28)29)8-9-17(16)22(14)12-6-4-5-7-20(26)30-23-18(24)10-11-19(23)25/h8-9,13H,1,4-7,10-12H2,2-3H3,(H,27,28,29). The average molecular weight is 451 g/mol. The fourth-order valence-electron chi connectivity index (χ4n) is 3.83. The van der Waals surface area contributed by atoms with E-state index in [0.29, 0.717) is 24.4 Å². The number of allylic oxidation sites excluding steroid dienone is 1. The molecule has 1 saturated heterocycles. The van der Waals surface area contributed by atoms with Crippen molar-refractivity contribution in [3.8, 4) is 0 Å². The van der Waals surface area contributed by atoms with Crippen LogP contribution in [-0.4, -0.2) is 42.4 Å². The third kappa shape index (κ3) is 4.64. The van der Waals surface area contributed by atoms with Gasteiger partial charge in [-0.3, -0.25) is 14.1 Å². The van der Waals surface area contributed by atoms with Crippen molar-refractivity contribution in [3.05, 3.63) is 36.0 Å². The number of hydroxylamine groups is 2. The smallest absolute Gasteiger partial charge is 0.333 e. The van der Waals surface area contributed by atoms with Crippen molar-refractivity contribution in [1.29, 1.82) is 0 Å². The van der Waals surface area contributed by atoms with Crippen LogP contribution in [0, 0.1) is 0 Å². The molecule has 2 aliphatic heterocycles. The number of amides is 2. The van der Waals surface area contributed by atoms with Gasteiger partial charge in [0, 0.05) is 42.6 Å². The van der Waals surface area contributed by atoms with Gasteiger partial charge in [0.05, 0.1) is 4.90 Å². The minimum Gasteiger partial charge on any atom is -0.345 e. The SMILES string of the molecule is C=C1N(CCCCCC(=O)ON2C(=O)CCC2=O)c2ccc(S(=O)(=O)O)cc2C1(C)C. The highest BCUT2D eigenvalue weighted by Gasteiger charge is 2.39. The van der Waals surface area contributed by atoms with E-state index in [1.807, 2.05) is 18.7 Å². The highest BCUT2D eigenvalue weighted by atomic mass is 32.2. The summed E-state index contributed by atoms with van der Waals surface area (Å²) in [6.45, 7) is 8.67. The lowest BCUT2D eigenvalue weighted by Crippen LogP contribution is -2.32. The maximum atomic E-state index is 11.9. The topological polar surface area (TPSA) is 121 Å². The molecule has 2 heterocycles. The van der Waals surface area contributed by atoms with E-state index in [-0.39, 0.29) is 24.2 Å². The van der Waals surface area contributed by atoms with E-state index < -0.39 is 33.3 Å². The molecule has 3 rings (SSSR count). The van der Waals surface area contributed by atoms with Gasteiger partial charge in [-0.15, -0.1) is 5.06 Å². The molecule has 0 saturated carbocycles. The zero-order valence-electron chi connectivity index (χ0n) is 17.6. The fraction of sp³-hybridized carbons (Fsp3) is 0.476. The van der Waals surface area contributed by atoms with Crippen LogP contribution < -0.4 is 4.90 Å². The van der Waals surface area contributed by atoms with E-state index in [2.05, 4.69) is 6.58 Å². The Morgan fingerprint density at radius 1 is 1.16 bits per heavy atom.